The predicted octanol–water partition coefficient (Wildman–Crippen LogP) is 11.5. The number of fused-ring (bicyclic) bond motifs is 3. The number of hydrogen-bond acceptors (Lipinski definition) is 0. The van der Waals surface area contributed by atoms with Crippen LogP contribution in [0.1, 0.15) is 51.3 Å². The molecule has 0 spiro atoms. The fourth-order valence-electron chi connectivity index (χ4n) is 7.21. The molecular weight excluding hydrogens is 492 g/mol. The van der Waals surface area contributed by atoms with E-state index in [1.165, 1.54) is 82.4 Å². The maximum absolute atomic E-state index is 2.44. The van der Waals surface area contributed by atoms with Crippen molar-refractivity contribution in [3.05, 3.63) is 132 Å². The summed E-state index contributed by atoms with van der Waals surface area (Å²) in [5.74, 6) is 0. The molecule has 0 saturated carbocycles. The van der Waals surface area contributed by atoms with Gasteiger partial charge in [-0.1, -0.05) is 144 Å². The molecule has 0 fully saturated rings. The van der Waals surface area contributed by atoms with Gasteiger partial charge in [0.1, 0.15) is 0 Å². The first-order valence-corrected chi connectivity index (χ1v) is 14.8. The van der Waals surface area contributed by atoms with Gasteiger partial charge in [0.15, 0.2) is 0 Å². The molecule has 198 valence electrons. The molecule has 0 aliphatic heterocycles. The van der Waals surface area contributed by atoms with Gasteiger partial charge in [-0.3, -0.25) is 0 Å². The lowest BCUT2D eigenvalue weighted by Crippen LogP contribution is -2.17. The molecule has 0 amide bonds. The van der Waals surface area contributed by atoms with E-state index in [0.29, 0.717) is 0 Å². The molecule has 41 heavy (non-hydrogen) atoms. The molecule has 0 N–H and O–H groups in total. The average Bonchev–Trinajstić information content (AvgIpc) is 3.21. The summed E-state index contributed by atoms with van der Waals surface area (Å²) in [5, 5.41) is 8.00. The Hall–Kier alpha value is -4.42. The van der Waals surface area contributed by atoms with Gasteiger partial charge in [-0.05, 0) is 93.9 Å². The lowest BCUT2D eigenvalue weighted by atomic mass is 9.78. The van der Waals surface area contributed by atoms with Crippen molar-refractivity contribution in [2.45, 2.75) is 45.4 Å². The smallest absolute Gasteiger partial charge is 0.0159 e. The predicted molar refractivity (Wildman–Crippen MR) is 177 cm³/mol. The zero-order valence-electron chi connectivity index (χ0n) is 24.5. The fourth-order valence-corrected chi connectivity index (χ4v) is 7.21. The van der Waals surface area contributed by atoms with E-state index in [4.69, 9.17) is 0 Å². The highest BCUT2D eigenvalue weighted by atomic mass is 14.4. The Labute approximate surface area is 242 Å². The van der Waals surface area contributed by atoms with Crippen molar-refractivity contribution in [1.82, 2.24) is 0 Å². The highest BCUT2D eigenvalue weighted by Gasteiger charge is 2.36. The van der Waals surface area contributed by atoms with Crippen LogP contribution in [0.4, 0.5) is 0 Å². The molecule has 0 heterocycles. The van der Waals surface area contributed by atoms with Crippen LogP contribution in [0.2, 0.25) is 0 Å². The van der Waals surface area contributed by atoms with Crippen molar-refractivity contribution >= 4 is 32.3 Å². The van der Waals surface area contributed by atoms with Crippen LogP contribution in [0, 0.1) is 0 Å². The highest BCUT2D eigenvalue weighted by molar-refractivity contribution is 6.25. The summed E-state index contributed by atoms with van der Waals surface area (Å²) in [5.41, 5.74) is 12.2. The minimum absolute atomic E-state index is 0.0242. The van der Waals surface area contributed by atoms with Crippen LogP contribution in [0.3, 0.4) is 0 Å². The zero-order chi connectivity index (χ0) is 28.1. The third-order valence-corrected chi connectivity index (χ3v) is 9.60. The summed E-state index contributed by atoms with van der Waals surface area (Å²) in [7, 11) is 0. The van der Waals surface area contributed by atoms with Crippen molar-refractivity contribution in [3.63, 3.8) is 0 Å². The van der Waals surface area contributed by atoms with E-state index in [-0.39, 0.29) is 10.8 Å². The number of rotatable bonds is 2. The first kappa shape index (κ1) is 24.4. The summed E-state index contributed by atoms with van der Waals surface area (Å²) < 4.78 is 0. The molecule has 0 unspecified atom stereocenters. The van der Waals surface area contributed by atoms with Crippen LogP contribution >= 0.6 is 0 Å². The van der Waals surface area contributed by atoms with E-state index in [1.54, 1.807) is 0 Å². The number of hydrogen-bond donors (Lipinski definition) is 0. The van der Waals surface area contributed by atoms with Crippen molar-refractivity contribution in [3.8, 4) is 33.4 Å². The van der Waals surface area contributed by atoms with E-state index in [9.17, 15) is 0 Å². The summed E-state index contributed by atoms with van der Waals surface area (Å²) in [6.07, 6.45) is 0. The van der Waals surface area contributed by atoms with Crippen LogP contribution in [0.5, 0.6) is 0 Å². The third kappa shape index (κ3) is 3.53. The summed E-state index contributed by atoms with van der Waals surface area (Å²) >= 11 is 0. The Balaban J connectivity index is 1.19. The van der Waals surface area contributed by atoms with Gasteiger partial charge in [0.2, 0.25) is 0 Å². The fraction of sp³-hybridized carbons (Fsp3) is 0.171. The normalized spacial score (nSPS) is 14.2. The first-order valence-electron chi connectivity index (χ1n) is 14.8. The van der Waals surface area contributed by atoms with Crippen molar-refractivity contribution < 1.29 is 0 Å². The topological polar surface area (TPSA) is 0 Å². The molecule has 0 aromatic heterocycles. The second kappa shape index (κ2) is 8.30. The first-order chi connectivity index (χ1) is 19.7. The molecule has 1 aliphatic carbocycles. The number of benzene rings is 7. The van der Waals surface area contributed by atoms with Gasteiger partial charge in [0, 0.05) is 5.41 Å². The summed E-state index contributed by atoms with van der Waals surface area (Å²) in [4.78, 5) is 0. The van der Waals surface area contributed by atoms with Gasteiger partial charge in [-0.2, -0.15) is 0 Å². The van der Waals surface area contributed by atoms with E-state index < -0.39 is 0 Å². The standard InChI is InChI=1S/C41H34/c1-40(2,3)31-18-22-34-33-20-17-30(23-36(33)41(4,5)37(34)24-31)25-9-11-26(12-10-25)32-19-15-29-14-13-27-7-6-8-28-16-21-35(32)39(29)38(27)28/h6-24H,1-5H3. The highest BCUT2D eigenvalue weighted by Crippen LogP contribution is 2.50. The van der Waals surface area contributed by atoms with Crippen molar-refractivity contribution in [2.24, 2.45) is 0 Å². The average molecular weight is 527 g/mol. The second-order valence-electron chi connectivity index (χ2n) is 13.4. The maximum Gasteiger partial charge on any atom is 0.0159 e. The van der Waals surface area contributed by atoms with Gasteiger partial charge in [-0.15, -0.1) is 0 Å². The molecule has 0 heteroatoms. The molecule has 0 nitrogen and oxygen atoms in total. The zero-order valence-corrected chi connectivity index (χ0v) is 24.5. The summed E-state index contributed by atoms with van der Waals surface area (Å²) in [6.45, 7) is 11.7. The summed E-state index contributed by atoms with van der Waals surface area (Å²) in [6, 6.07) is 43.6. The Morgan fingerprint density at radius 1 is 0.463 bits per heavy atom. The Morgan fingerprint density at radius 2 is 1.00 bits per heavy atom. The van der Waals surface area contributed by atoms with E-state index in [2.05, 4.69) is 150 Å². The van der Waals surface area contributed by atoms with Crippen molar-refractivity contribution in [1.29, 1.82) is 0 Å². The molecule has 1 aliphatic rings. The minimum Gasteiger partial charge on any atom is -0.0610 e. The Kier molecular flexibility index (Phi) is 4.94. The quantitative estimate of drug-likeness (QED) is 0.197. The molecule has 7 aromatic carbocycles. The lowest BCUT2D eigenvalue weighted by Gasteiger charge is -2.25. The molecule has 8 rings (SSSR count). The van der Waals surface area contributed by atoms with Gasteiger partial charge in [0.25, 0.3) is 0 Å². The van der Waals surface area contributed by atoms with Crippen molar-refractivity contribution in [2.75, 3.05) is 0 Å². The van der Waals surface area contributed by atoms with Crippen LogP contribution in [0.15, 0.2) is 115 Å². The van der Waals surface area contributed by atoms with Crippen LogP contribution in [-0.2, 0) is 10.8 Å². The maximum atomic E-state index is 2.44. The van der Waals surface area contributed by atoms with Gasteiger partial charge >= 0.3 is 0 Å². The third-order valence-electron chi connectivity index (χ3n) is 9.60. The molecule has 0 saturated heterocycles. The minimum atomic E-state index is -0.0242. The van der Waals surface area contributed by atoms with Gasteiger partial charge in [-0.25, -0.2) is 0 Å². The van der Waals surface area contributed by atoms with Crippen LogP contribution in [0.25, 0.3) is 65.7 Å². The monoisotopic (exact) mass is 526 g/mol. The molecule has 0 radical (unpaired) electrons. The van der Waals surface area contributed by atoms with E-state index in [0.717, 1.165) is 0 Å². The van der Waals surface area contributed by atoms with Crippen LogP contribution < -0.4 is 0 Å². The molecular formula is C41H34. The van der Waals surface area contributed by atoms with Crippen LogP contribution in [-0.4, -0.2) is 0 Å². The van der Waals surface area contributed by atoms with Gasteiger partial charge < -0.3 is 0 Å². The molecule has 0 atom stereocenters. The Bertz CT molecular complexity index is 2120. The Morgan fingerprint density at radius 3 is 1.71 bits per heavy atom. The van der Waals surface area contributed by atoms with E-state index >= 15 is 0 Å². The van der Waals surface area contributed by atoms with E-state index in [1.807, 2.05) is 0 Å². The SMILES string of the molecule is CC(C)(C)c1ccc2c(c1)C(C)(C)c1cc(-c3ccc(-c4ccc5ccc6cccc7ccc4c5c67)cc3)ccc1-2. The van der Waals surface area contributed by atoms with Gasteiger partial charge in [0.05, 0.1) is 0 Å². The molecule has 0 bridgehead atoms. The lowest BCUT2D eigenvalue weighted by molar-refractivity contribution is 0.584. The molecule has 7 aromatic rings. The largest absolute Gasteiger partial charge is 0.0610 e. The second-order valence-corrected chi connectivity index (χ2v) is 13.4.